The fraction of sp³-hybridized carbons (Fsp3) is 0.545. The molecule has 0 saturated heterocycles. The number of amidine groups is 1. The van der Waals surface area contributed by atoms with Gasteiger partial charge in [-0.25, -0.2) is 9.97 Å². The van der Waals surface area contributed by atoms with Crippen molar-refractivity contribution in [2.45, 2.75) is 26.7 Å². The Labute approximate surface area is 101 Å². The van der Waals surface area contributed by atoms with E-state index >= 15 is 0 Å². The van der Waals surface area contributed by atoms with Crippen LogP contribution in [0.4, 0.5) is 5.95 Å². The van der Waals surface area contributed by atoms with Crippen molar-refractivity contribution < 1.29 is 5.21 Å². The lowest BCUT2D eigenvalue weighted by Gasteiger charge is -2.17. The molecular formula is C11H19N5O. The van der Waals surface area contributed by atoms with Crippen LogP contribution in [0, 0.1) is 6.92 Å². The third-order valence-corrected chi connectivity index (χ3v) is 2.40. The summed E-state index contributed by atoms with van der Waals surface area (Å²) in [5.74, 6) is 0.598. The molecule has 0 fully saturated rings. The molecule has 0 saturated carbocycles. The molecule has 0 aliphatic heterocycles. The van der Waals surface area contributed by atoms with Crippen molar-refractivity contribution in [1.82, 2.24) is 9.97 Å². The number of hydrogen-bond acceptors (Lipinski definition) is 5. The van der Waals surface area contributed by atoms with E-state index in [0.29, 0.717) is 11.6 Å². The normalized spacial score (nSPS) is 11.6. The average molecular weight is 237 g/mol. The Morgan fingerprint density at radius 1 is 1.53 bits per heavy atom. The van der Waals surface area contributed by atoms with Crippen LogP contribution in [0.15, 0.2) is 11.2 Å². The lowest BCUT2D eigenvalue weighted by molar-refractivity contribution is 0.318. The number of nitrogens with zero attached hydrogens (tertiary/aromatic N) is 4. The van der Waals surface area contributed by atoms with Crippen molar-refractivity contribution in [1.29, 1.82) is 0 Å². The number of rotatable bonds is 5. The lowest BCUT2D eigenvalue weighted by Crippen LogP contribution is -2.24. The average Bonchev–Trinajstić information content (AvgIpc) is 2.34. The van der Waals surface area contributed by atoms with Crippen LogP contribution in [-0.2, 0) is 0 Å². The molecule has 0 amide bonds. The van der Waals surface area contributed by atoms with Crippen LogP contribution < -0.4 is 10.6 Å². The topological polar surface area (TPSA) is 87.6 Å². The molecule has 17 heavy (non-hydrogen) atoms. The molecule has 0 spiro atoms. The maximum atomic E-state index is 8.64. The molecule has 0 aromatic carbocycles. The first-order valence-corrected chi connectivity index (χ1v) is 5.63. The Balaban J connectivity index is 2.96. The molecule has 6 nitrogen and oxygen atoms in total. The molecule has 3 N–H and O–H groups in total. The number of oxime groups is 1. The predicted octanol–water partition coefficient (Wildman–Crippen LogP) is 1.12. The Morgan fingerprint density at radius 2 is 2.24 bits per heavy atom. The fourth-order valence-electron chi connectivity index (χ4n) is 1.40. The predicted molar refractivity (Wildman–Crippen MR) is 67.5 cm³/mol. The van der Waals surface area contributed by atoms with Crippen molar-refractivity contribution in [3.8, 4) is 0 Å². The van der Waals surface area contributed by atoms with Gasteiger partial charge in [-0.15, -0.1) is 0 Å². The molecule has 0 radical (unpaired) electrons. The van der Waals surface area contributed by atoms with Crippen LogP contribution in [0.2, 0.25) is 0 Å². The first-order valence-electron chi connectivity index (χ1n) is 5.63. The fourth-order valence-corrected chi connectivity index (χ4v) is 1.40. The van der Waals surface area contributed by atoms with Crippen molar-refractivity contribution in [3.05, 3.63) is 17.5 Å². The van der Waals surface area contributed by atoms with Crippen molar-refractivity contribution in [2.24, 2.45) is 10.9 Å². The molecule has 0 atom stereocenters. The van der Waals surface area contributed by atoms with Gasteiger partial charge in [-0.1, -0.05) is 18.5 Å². The van der Waals surface area contributed by atoms with Crippen LogP contribution in [0.1, 0.15) is 31.2 Å². The van der Waals surface area contributed by atoms with Crippen LogP contribution in [0.25, 0.3) is 0 Å². The second kappa shape index (κ2) is 6.03. The Morgan fingerprint density at radius 3 is 2.82 bits per heavy atom. The highest BCUT2D eigenvalue weighted by Gasteiger charge is 2.09. The first kappa shape index (κ1) is 13.2. The van der Waals surface area contributed by atoms with Gasteiger partial charge in [0.15, 0.2) is 5.84 Å². The van der Waals surface area contributed by atoms with E-state index in [1.807, 2.05) is 18.9 Å². The summed E-state index contributed by atoms with van der Waals surface area (Å²) in [6.45, 7) is 4.87. The van der Waals surface area contributed by atoms with E-state index in [1.165, 1.54) is 0 Å². The third-order valence-electron chi connectivity index (χ3n) is 2.40. The zero-order chi connectivity index (χ0) is 12.8. The van der Waals surface area contributed by atoms with Gasteiger partial charge in [-0.05, 0) is 19.4 Å². The second-order valence-corrected chi connectivity index (χ2v) is 3.95. The highest BCUT2D eigenvalue weighted by atomic mass is 16.4. The molecule has 6 heteroatoms. The number of aromatic nitrogens is 2. The summed E-state index contributed by atoms with van der Waals surface area (Å²) in [5.41, 5.74) is 6.76. The maximum absolute atomic E-state index is 8.64. The van der Waals surface area contributed by atoms with Crippen LogP contribution in [0.3, 0.4) is 0 Å². The van der Waals surface area contributed by atoms with Crippen LogP contribution in [-0.4, -0.2) is 34.6 Å². The Hall–Kier alpha value is -1.85. The molecular weight excluding hydrogens is 218 g/mol. The molecule has 0 aliphatic carbocycles. The smallest absolute Gasteiger partial charge is 0.225 e. The van der Waals surface area contributed by atoms with Gasteiger partial charge < -0.3 is 15.8 Å². The summed E-state index contributed by atoms with van der Waals surface area (Å²) in [5, 5.41) is 11.6. The molecule has 1 aromatic rings. The monoisotopic (exact) mass is 237 g/mol. The molecule has 0 unspecified atom stereocenters. The van der Waals surface area contributed by atoms with Gasteiger partial charge in [0.25, 0.3) is 0 Å². The minimum atomic E-state index is 0.000594. The van der Waals surface area contributed by atoms with Gasteiger partial charge in [0.05, 0.1) is 0 Å². The Kier molecular flexibility index (Phi) is 4.68. The zero-order valence-corrected chi connectivity index (χ0v) is 10.5. The van der Waals surface area contributed by atoms with Crippen molar-refractivity contribution >= 4 is 11.8 Å². The van der Waals surface area contributed by atoms with Gasteiger partial charge in [0, 0.05) is 19.3 Å². The highest BCUT2D eigenvalue weighted by molar-refractivity contribution is 5.95. The van der Waals surface area contributed by atoms with E-state index in [2.05, 4.69) is 22.0 Å². The quantitative estimate of drug-likeness (QED) is 0.347. The molecule has 1 aromatic heterocycles. The number of hydrogen-bond donors (Lipinski definition) is 2. The molecule has 1 rings (SSSR count). The van der Waals surface area contributed by atoms with E-state index in [-0.39, 0.29) is 5.84 Å². The summed E-state index contributed by atoms with van der Waals surface area (Å²) in [6.07, 6.45) is 2.19. The number of unbranched alkanes of at least 4 members (excludes halogenated alkanes) is 1. The van der Waals surface area contributed by atoms with Crippen molar-refractivity contribution in [2.75, 3.05) is 18.5 Å². The van der Waals surface area contributed by atoms with E-state index in [4.69, 9.17) is 10.9 Å². The van der Waals surface area contributed by atoms with E-state index in [1.54, 1.807) is 6.07 Å². The third kappa shape index (κ3) is 3.58. The largest absolute Gasteiger partial charge is 0.409 e. The minimum absolute atomic E-state index is 0.000594. The molecule has 1 heterocycles. The summed E-state index contributed by atoms with van der Waals surface area (Å²) in [4.78, 5) is 10.5. The standard InChI is InChI=1S/C11H19N5O/c1-4-5-6-16(3)11-13-8(2)7-9(14-11)10(12)15-17/h7,17H,4-6H2,1-3H3,(H2,12,15). The SMILES string of the molecule is CCCCN(C)c1nc(C)cc(/C(N)=N/O)n1. The summed E-state index contributed by atoms with van der Waals surface area (Å²) in [7, 11) is 1.93. The van der Waals surface area contributed by atoms with Gasteiger partial charge in [0.1, 0.15) is 5.69 Å². The summed E-state index contributed by atoms with van der Waals surface area (Å²) in [6, 6.07) is 1.69. The highest BCUT2D eigenvalue weighted by Crippen LogP contribution is 2.09. The van der Waals surface area contributed by atoms with Crippen LogP contribution in [0.5, 0.6) is 0 Å². The van der Waals surface area contributed by atoms with Gasteiger partial charge in [-0.2, -0.15) is 0 Å². The van der Waals surface area contributed by atoms with Gasteiger partial charge in [-0.3, -0.25) is 0 Å². The second-order valence-electron chi connectivity index (χ2n) is 3.95. The summed E-state index contributed by atoms with van der Waals surface area (Å²) < 4.78 is 0. The van der Waals surface area contributed by atoms with Gasteiger partial charge >= 0.3 is 0 Å². The minimum Gasteiger partial charge on any atom is -0.409 e. The zero-order valence-electron chi connectivity index (χ0n) is 10.5. The lowest BCUT2D eigenvalue weighted by atomic mass is 10.3. The van der Waals surface area contributed by atoms with Crippen LogP contribution >= 0.6 is 0 Å². The molecule has 0 bridgehead atoms. The number of aryl methyl sites for hydroxylation is 1. The summed E-state index contributed by atoms with van der Waals surface area (Å²) >= 11 is 0. The Bertz CT molecular complexity index is 405. The maximum Gasteiger partial charge on any atom is 0.225 e. The van der Waals surface area contributed by atoms with E-state index in [0.717, 1.165) is 25.1 Å². The van der Waals surface area contributed by atoms with E-state index < -0.39 is 0 Å². The number of anilines is 1. The molecule has 94 valence electrons. The molecule has 0 aliphatic rings. The first-order chi connectivity index (χ1) is 8.08. The van der Waals surface area contributed by atoms with Gasteiger partial charge in [0.2, 0.25) is 5.95 Å². The number of nitrogens with two attached hydrogens (primary N) is 1. The van der Waals surface area contributed by atoms with E-state index in [9.17, 15) is 0 Å². The van der Waals surface area contributed by atoms with Crippen molar-refractivity contribution in [3.63, 3.8) is 0 Å².